The number of halogens is 3. The summed E-state index contributed by atoms with van der Waals surface area (Å²) in [6.45, 7) is 1.92. The van der Waals surface area contributed by atoms with Gasteiger partial charge in [0.15, 0.2) is 0 Å². The summed E-state index contributed by atoms with van der Waals surface area (Å²) in [5.41, 5.74) is 2.83. The summed E-state index contributed by atoms with van der Waals surface area (Å²) in [7, 11) is 0. The van der Waals surface area contributed by atoms with Crippen LogP contribution in [0.1, 0.15) is 18.1 Å². The molecule has 102 valence electrons. The lowest BCUT2D eigenvalue weighted by molar-refractivity contribution is 0.880. The summed E-state index contributed by atoms with van der Waals surface area (Å²) in [5, 5.41) is -0.196. The van der Waals surface area contributed by atoms with Crippen molar-refractivity contribution < 1.29 is 0 Å². The van der Waals surface area contributed by atoms with Crippen LogP contribution in [0.3, 0.4) is 0 Å². The SMILES string of the molecule is CC(Cl)c1nc2cnccc2n1-c1ccc(Br)cc1Br. The molecule has 0 amide bonds. The Morgan fingerprint density at radius 2 is 2.05 bits per heavy atom. The van der Waals surface area contributed by atoms with Gasteiger partial charge in [0.2, 0.25) is 0 Å². The summed E-state index contributed by atoms with van der Waals surface area (Å²) in [6, 6.07) is 7.97. The molecule has 0 aliphatic rings. The van der Waals surface area contributed by atoms with Crippen molar-refractivity contribution in [2.24, 2.45) is 0 Å². The number of pyridine rings is 1. The first-order valence-electron chi connectivity index (χ1n) is 6.00. The Hall–Kier alpha value is -0.910. The van der Waals surface area contributed by atoms with Gasteiger partial charge >= 0.3 is 0 Å². The third kappa shape index (κ3) is 2.38. The van der Waals surface area contributed by atoms with Gasteiger partial charge in [-0.2, -0.15) is 0 Å². The van der Waals surface area contributed by atoms with Crippen LogP contribution in [0.5, 0.6) is 0 Å². The second-order valence-corrected chi connectivity index (χ2v) is 6.81. The van der Waals surface area contributed by atoms with Gasteiger partial charge in [-0.25, -0.2) is 4.98 Å². The lowest BCUT2D eigenvalue weighted by atomic mass is 10.3. The van der Waals surface area contributed by atoms with Gasteiger partial charge in [-0.15, -0.1) is 11.6 Å². The summed E-state index contributed by atoms with van der Waals surface area (Å²) < 4.78 is 4.05. The number of nitrogens with zero attached hydrogens (tertiary/aromatic N) is 3. The molecule has 0 radical (unpaired) electrons. The third-order valence-electron chi connectivity index (χ3n) is 2.99. The van der Waals surface area contributed by atoms with Crippen molar-refractivity contribution in [3.63, 3.8) is 0 Å². The first-order valence-corrected chi connectivity index (χ1v) is 8.02. The van der Waals surface area contributed by atoms with E-state index in [1.165, 1.54) is 0 Å². The topological polar surface area (TPSA) is 30.7 Å². The molecule has 0 aliphatic carbocycles. The molecule has 3 nitrogen and oxygen atoms in total. The molecule has 2 heterocycles. The van der Waals surface area contributed by atoms with Crippen LogP contribution in [-0.2, 0) is 0 Å². The van der Waals surface area contributed by atoms with Crippen LogP contribution in [-0.4, -0.2) is 14.5 Å². The Labute approximate surface area is 138 Å². The van der Waals surface area contributed by atoms with E-state index < -0.39 is 0 Å². The molecular weight excluding hydrogens is 405 g/mol. The molecule has 0 saturated heterocycles. The van der Waals surface area contributed by atoms with Crippen molar-refractivity contribution in [3.05, 3.63) is 51.4 Å². The Bertz CT molecular complexity index is 783. The Balaban J connectivity index is 2.36. The molecule has 1 atom stereocenters. The van der Waals surface area contributed by atoms with Gasteiger partial charge in [0, 0.05) is 15.1 Å². The van der Waals surface area contributed by atoms with Crippen molar-refractivity contribution in [1.29, 1.82) is 0 Å². The molecule has 6 heteroatoms. The maximum atomic E-state index is 6.28. The minimum atomic E-state index is -0.196. The first kappa shape index (κ1) is 14.0. The molecule has 20 heavy (non-hydrogen) atoms. The highest BCUT2D eigenvalue weighted by atomic mass is 79.9. The highest BCUT2D eigenvalue weighted by Crippen LogP contribution is 2.32. The summed E-state index contributed by atoms with van der Waals surface area (Å²) >= 11 is 13.4. The summed E-state index contributed by atoms with van der Waals surface area (Å²) in [6.07, 6.45) is 3.51. The van der Waals surface area contributed by atoms with E-state index >= 15 is 0 Å². The molecular formula is C14H10Br2ClN3. The van der Waals surface area contributed by atoms with Crippen molar-refractivity contribution in [2.45, 2.75) is 12.3 Å². The van der Waals surface area contributed by atoms with Gasteiger partial charge in [-0.1, -0.05) is 15.9 Å². The van der Waals surface area contributed by atoms with Crippen LogP contribution >= 0.6 is 43.5 Å². The molecule has 1 unspecified atom stereocenters. The van der Waals surface area contributed by atoms with Crippen LogP contribution in [0.25, 0.3) is 16.7 Å². The van der Waals surface area contributed by atoms with Crippen LogP contribution in [0.2, 0.25) is 0 Å². The lowest BCUT2D eigenvalue weighted by Crippen LogP contribution is -2.02. The van der Waals surface area contributed by atoms with Gasteiger partial charge in [0.05, 0.1) is 22.8 Å². The van der Waals surface area contributed by atoms with E-state index in [4.69, 9.17) is 11.6 Å². The Morgan fingerprint density at radius 3 is 2.75 bits per heavy atom. The van der Waals surface area contributed by atoms with Crippen LogP contribution in [0.15, 0.2) is 45.6 Å². The number of benzene rings is 1. The van der Waals surface area contributed by atoms with Crippen LogP contribution in [0.4, 0.5) is 0 Å². The number of alkyl halides is 1. The van der Waals surface area contributed by atoms with Crippen molar-refractivity contribution in [1.82, 2.24) is 14.5 Å². The standard InChI is InChI=1S/C14H10Br2ClN3/c1-8(17)14-19-11-7-18-5-4-13(11)20(14)12-3-2-9(15)6-10(12)16/h2-8H,1H3. The van der Waals surface area contributed by atoms with Crippen molar-refractivity contribution in [3.8, 4) is 5.69 Å². The zero-order chi connectivity index (χ0) is 14.3. The molecule has 0 spiro atoms. The summed E-state index contributed by atoms with van der Waals surface area (Å²) in [5.74, 6) is 0.803. The smallest absolute Gasteiger partial charge is 0.132 e. The molecule has 3 aromatic rings. The molecule has 3 rings (SSSR count). The van der Waals surface area contributed by atoms with Crippen molar-refractivity contribution in [2.75, 3.05) is 0 Å². The average molecular weight is 416 g/mol. The van der Waals surface area contributed by atoms with E-state index in [0.29, 0.717) is 0 Å². The van der Waals surface area contributed by atoms with Gasteiger partial charge in [-0.05, 0) is 47.1 Å². The number of hydrogen-bond donors (Lipinski definition) is 0. The largest absolute Gasteiger partial charge is 0.294 e. The van der Waals surface area contributed by atoms with Crippen molar-refractivity contribution >= 4 is 54.5 Å². The average Bonchev–Trinajstić information content (AvgIpc) is 2.78. The zero-order valence-electron chi connectivity index (χ0n) is 10.5. The number of aromatic nitrogens is 3. The fourth-order valence-corrected chi connectivity index (χ4v) is 3.50. The zero-order valence-corrected chi connectivity index (χ0v) is 14.4. The fraction of sp³-hybridized carbons (Fsp3) is 0.143. The molecule has 0 aliphatic heterocycles. The number of rotatable bonds is 2. The fourth-order valence-electron chi connectivity index (χ4n) is 2.13. The second-order valence-electron chi connectivity index (χ2n) is 4.38. The Kier molecular flexibility index (Phi) is 3.84. The van der Waals surface area contributed by atoms with E-state index in [0.717, 1.165) is 31.5 Å². The molecule has 0 N–H and O–H groups in total. The van der Waals surface area contributed by atoms with Gasteiger partial charge in [-0.3, -0.25) is 9.55 Å². The second kappa shape index (κ2) is 5.47. The van der Waals surface area contributed by atoms with E-state index in [1.807, 2.05) is 31.2 Å². The predicted octanol–water partition coefficient (Wildman–Crippen LogP) is 5.25. The number of fused-ring (bicyclic) bond motifs is 1. The van der Waals surface area contributed by atoms with E-state index in [9.17, 15) is 0 Å². The minimum Gasteiger partial charge on any atom is -0.294 e. The number of imidazole rings is 1. The van der Waals surface area contributed by atoms with Gasteiger partial charge in [0.1, 0.15) is 11.3 Å². The Morgan fingerprint density at radius 1 is 1.25 bits per heavy atom. The van der Waals surface area contributed by atoms with E-state index in [-0.39, 0.29) is 5.38 Å². The van der Waals surface area contributed by atoms with Crippen LogP contribution in [0, 0.1) is 0 Å². The van der Waals surface area contributed by atoms with E-state index in [2.05, 4.69) is 46.4 Å². The monoisotopic (exact) mass is 413 g/mol. The van der Waals surface area contributed by atoms with Crippen LogP contribution < -0.4 is 0 Å². The van der Waals surface area contributed by atoms with E-state index in [1.54, 1.807) is 12.4 Å². The normalized spacial score (nSPS) is 12.8. The molecule has 1 aromatic carbocycles. The third-order valence-corrected chi connectivity index (χ3v) is 4.31. The first-order chi connectivity index (χ1) is 9.58. The van der Waals surface area contributed by atoms with Gasteiger partial charge in [0.25, 0.3) is 0 Å². The maximum absolute atomic E-state index is 6.28. The number of hydrogen-bond acceptors (Lipinski definition) is 2. The highest BCUT2D eigenvalue weighted by Gasteiger charge is 2.17. The van der Waals surface area contributed by atoms with Gasteiger partial charge < -0.3 is 0 Å². The maximum Gasteiger partial charge on any atom is 0.132 e. The molecule has 2 aromatic heterocycles. The quantitative estimate of drug-likeness (QED) is 0.536. The highest BCUT2D eigenvalue weighted by molar-refractivity contribution is 9.11. The molecule has 0 fully saturated rings. The lowest BCUT2D eigenvalue weighted by Gasteiger charge is -2.12. The molecule has 0 saturated carbocycles. The minimum absolute atomic E-state index is 0.196. The predicted molar refractivity (Wildman–Crippen MR) is 88.5 cm³/mol. The molecule has 0 bridgehead atoms. The summed E-state index contributed by atoms with van der Waals surface area (Å²) in [4.78, 5) is 8.71.